The number of aliphatic carboxylic acids is 1. The lowest BCUT2D eigenvalue weighted by Gasteiger charge is -2.18. The number of carboxylic acid groups (broad SMARTS) is 1. The van der Waals surface area contributed by atoms with E-state index in [0.717, 1.165) is 11.1 Å². The van der Waals surface area contributed by atoms with Crippen molar-refractivity contribution in [1.29, 1.82) is 0 Å². The SMILES string of the molecule is COc1ccc([C@@H](CC(=O)O)NC(=O)OCc2ccccc2)cc1C. The Balaban J connectivity index is 2.05. The normalized spacial score (nSPS) is 11.4. The van der Waals surface area contributed by atoms with E-state index in [1.807, 2.05) is 37.3 Å². The second-order valence-corrected chi connectivity index (χ2v) is 5.59. The highest BCUT2D eigenvalue weighted by Crippen LogP contribution is 2.24. The lowest BCUT2D eigenvalue weighted by atomic mass is 10.0. The summed E-state index contributed by atoms with van der Waals surface area (Å²) < 4.78 is 10.4. The Bertz CT molecular complexity index is 730. The second kappa shape index (κ2) is 8.73. The largest absolute Gasteiger partial charge is 0.496 e. The highest BCUT2D eigenvalue weighted by Gasteiger charge is 2.19. The molecule has 0 aliphatic rings. The highest BCUT2D eigenvalue weighted by atomic mass is 16.5. The molecule has 0 radical (unpaired) electrons. The smallest absolute Gasteiger partial charge is 0.407 e. The van der Waals surface area contributed by atoms with Gasteiger partial charge in [-0.25, -0.2) is 4.79 Å². The summed E-state index contributed by atoms with van der Waals surface area (Å²) in [5.41, 5.74) is 2.39. The fourth-order valence-electron chi connectivity index (χ4n) is 2.45. The minimum absolute atomic E-state index is 0.119. The maximum absolute atomic E-state index is 12.0. The van der Waals surface area contributed by atoms with Crippen LogP contribution in [0.1, 0.15) is 29.2 Å². The molecule has 0 saturated heterocycles. The van der Waals surface area contributed by atoms with E-state index in [-0.39, 0.29) is 13.0 Å². The molecule has 1 atom stereocenters. The molecule has 0 aliphatic carbocycles. The topological polar surface area (TPSA) is 84.9 Å². The second-order valence-electron chi connectivity index (χ2n) is 5.59. The molecule has 1 amide bonds. The summed E-state index contributed by atoms with van der Waals surface area (Å²) in [5, 5.41) is 11.7. The lowest BCUT2D eigenvalue weighted by Crippen LogP contribution is -2.30. The summed E-state index contributed by atoms with van der Waals surface area (Å²) in [7, 11) is 1.57. The zero-order valence-electron chi connectivity index (χ0n) is 14.2. The molecule has 0 aliphatic heterocycles. The first-order chi connectivity index (χ1) is 12.0. The average molecular weight is 343 g/mol. The van der Waals surface area contributed by atoms with E-state index in [2.05, 4.69) is 5.32 Å². The minimum atomic E-state index is -1.01. The number of rotatable bonds is 7. The quantitative estimate of drug-likeness (QED) is 0.804. The molecule has 0 fully saturated rings. The summed E-state index contributed by atoms with van der Waals surface area (Å²) in [5.74, 6) is -0.314. The predicted molar refractivity (Wildman–Crippen MR) is 92.5 cm³/mol. The molecule has 0 heterocycles. The first-order valence-corrected chi connectivity index (χ1v) is 7.83. The van der Waals surface area contributed by atoms with Gasteiger partial charge in [0.25, 0.3) is 0 Å². The number of alkyl carbamates (subject to hydrolysis) is 1. The van der Waals surface area contributed by atoms with Crippen LogP contribution >= 0.6 is 0 Å². The van der Waals surface area contributed by atoms with Gasteiger partial charge in [-0.2, -0.15) is 0 Å². The molecule has 0 saturated carbocycles. The van der Waals surface area contributed by atoms with Gasteiger partial charge in [0, 0.05) is 0 Å². The zero-order valence-corrected chi connectivity index (χ0v) is 14.2. The van der Waals surface area contributed by atoms with Crippen molar-refractivity contribution in [2.24, 2.45) is 0 Å². The molecular formula is C19H21NO5. The van der Waals surface area contributed by atoms with E-state index in [4.69, 9.17) is 14.6 Å². The van der Waals surface area contributed by atoms with Gasteiger partial charge in [0.05, 0.1) is 19.6 Å². The van der Waals surface area contributed by atoms with Gasteiger partial charge in [-0.15, -0.1) is 0 Å². The third kappa shape index (κ3) is 5.53. The van der Waals surface area contributed by atoms with Gasteiger partial charge in [-0.05, 0) is 29.7 Å². The number of carbonyl (C=O) groups is 2. The summed E-state index contributed by atoms with van der Waals surface area (Å²) in [4.78, 5) is 23.2. The Morgan fingerprint density at radius 2 is 1.88 bits per heavy atom. The van der Waals surface area contributed by atoms with Crippen molar-refractivity contribution < 1.29 is 24.2 Å². The van der Waals surface area contributed by atoms with Crippen LogP contribution in [0.5, 0.6) is 5.75 Å². The molecule has 25 heavy (non-hydrogen) atoms. The van der Waals surface area contributed by atoms with Crippen molar-refractivity contribution in [3.63, 3.8) is 0 Å². The Hall–Kier alpha value is -3.02. The Labute approximate surface area is 146 Å². The third-order valence-corrected chi connectivity index (χ3v) is 3.70. The molecule has 0 unspecified atom stereocenters. The number of carboxylic acids is 1. The molecule has 0 aromatic heterocycles. The van der Waals surface area contributed by atoms with Crippen LogP contribution in [0.4, 0.5) is 4.79 Å². The van der Waals surface area contributed by atoms with Gasteiger partial charge in [0.1, 0.15) is 12.4 Å². The molecule has 2 rings (SSSR count). The number of nitrogens with one attached hydrogen (secondary N) is 1. The van der Waals surface area contributed by atoms with Gasteiger partial charge >= 0.3 is 12.1 Å². The van der Waals surface area contributed by atoms with E-state index in [9.17, 15) is 9.59 Å². The summed E-state index contributed by atoms with van der Waals surface area (Å²) in [6.07, 6.45) is -0.907. The number of ether oxygens (including phenoxy) is 2. The van der Waals surface area contributed by atoms with Crippen molar-refractivity contribution in [2.75, 3.05) is 7.11 Å². The van der Waals surface area contributed by atoms with Crippen molar-refractivity contribution >= 4 is 12.1 Å². The van der Waals surface area contributed by atoms with E-state index in [1.165, 1.54) is 0 Å². The number of amides is 1. The van der Waals surface area contributed by atoms with Gasteiger partial charge in [0.15, 0.2) is 0 Å². The number of hydrogen-bond acceptors (Lipinski definition) is 4. The average Bonchev–Trinajstić information content (AvgIpc) is 2.60. The van der Waals surface area contributed by atoms with Crippen LogP contribution < -0.4 is 10.1 Å². The number of carbonyl (C=O) groups excluding carboxylic acids is 1. The fraction of sp³-hybridized carbons (Fsp3) is 0.263. The van der Waals surface area contributed by atoms with E-state index < -0.39 is 18.1 Å². The maximum atomic E-state index is 12.0. The Kier molecular flexibility index (Phi) is 6.39. The van der Waals surface area contributed by atoms with Crippen LogP contribution in [0.3, 0.4) is 0 Å². The van der Waals surface area contributed by atoms with Gasteiger partial charge < -0.3 is 19.9 Å². The number of benzene rings is 2. The predicted octanol–water partition coefficient (Wildman–Crippen LogP) is 3.45. The van der Waals surface area contributed by atoms with Crippen LogP contribution in [0.15, 0.2) is 48.5 Å². The highest BCUT2D eigenvalue weighted by molar-refractivity contribution is 5.72. The van der Waals surface area contributed by atoms with Crippen molar-refractivity contribution in [2.45, 2.75) is 26.0 Å². The standard InChI is InChI=1S/C19H21NO5/c1-13-10-15(8-9-17(13)24-2)16(11-18(21)22)20-19(23)25-12-14-6-4-3-5-7-14/h3-10,16H,11-12H2,1-2H3,(H,20,23)(H,21,22)/t16-/m1/s1. The van der Waals surface area contributed by atoms with Crippen LogP contribution in [-0.4, -0.2) is 24.3 Å². The molecule has 6 heteroatoms. The van der Waals surface area contributed by atoms with Crippen molar-refractivity contribution in [1.82, 2.24) is 5.32 Å². The van der Waals surface area contributed by atoms with E-state index in [0.29, 0.717) is 11.3 Å². The van der Waals surface area contributed by atoms with Gasteiger partial charge in [0.2, 0.25) is 0 Å². The first-order valence-electron chi connectivity index (χ1n) is 7.83. The molecular weight excluding hydrogens is 322 g/mol. The monoisotopic (exact) mass is 343 g/mol. The molecule has 6 nitrogen and oxygen atoms in total. The summed E-state index contributed by atoms with van der Waals surface area (Å²) in [6.45, 7) is 1.97. The molecule has 2 aromatic carbocycles. The third-order valence-electron chi connectivity index (χ3n) is 3.70. The van der Waals surface area contributed by atoms with Gasteiger partial charge in [-0.3, -0.25) is 4.79 Å². The molecule has 2 aromatic rings. The van der Waals surface area contributed by atoms with E-state index >= 15 is 0 Å². The zero-order chi connectivity index (χ0) is 18.2. The minimum Gasteiger partial charge on any atom is -0.496 e. The van der Waals surface area contributed by atoms with Crippen LogP contribution in [0.2, 0.25) is 0 Å². The lowest BCUT2D eigenvalue weighted by molar-refractivity contribution is -0.137. The van der Waals surface area contributed by atoms with Gasteiger partial charge in [-0.1, -0.05) is 42.5 Å². The first kappa shape index (κ1) is 18.3. The van der Waals surface area contributed by atoms with Crippen LogP contribution in [0, 0.1) is 6.92 Å². The number of hydrogen-bond donors (Lipinski definition) is 2. The fourth-order valence-corrected chi connectivity index (χ4v) is 2.45. The summed E-state index contributed by atoms with van der Waals surface area (Å²) >= 11 is 0. The summed E-state index contributed by atoms with van der Waals surface area (Å²) in [6, 6.07) is 13.8. The molecule has 132 valence electrons. The molecule has 2 N–H and O–H groups in total. The molecule has 0 bridgehead atoms. The number of aryl methyl sites for hydroxylation is 1. The molecule has 0 spiro atoms. The van der Waals surface area contributed by atoms with Crippen molar-refractivity contribution in [3.05, 3.63) is 65.2 Å². The maximum Gasteiger partial charge on any atom is 0.407 e. The number of methoxy groups -OCH3 is 1. The Morgan fingerprint density at radius 3 is 2.48 bits per heavy atom. The van der Waals surface area contributed by atoms with E-state index in [1.54, 1.807) is 25.3 Å². The van der Waals surface area contributed by atoms with Crippen LogP contribution in [0.25, 0.3) is 0 Å². The van der Waals surface area contributed by atoms with Crippen LogP contribution in [-0.2, 0) is 16.1 Å². The Morgan fingerprint density at radius 1 is 1.16 bits per heavy atom. The van der Waals surface area contributed by atoms with Crippen molar-refractivity contribution in [3.8, 4) is 5.75 Å².